The molecule has 1 saturated heterocycles. The first kappa shape index (κ1) is 16.8. The van der Waals surface area contributed by atoms with Gasteiger partial charge in [-0.25, -0.2) is 9.59 Å². The fourth-order valence-electron chi connectivity index (χ4n) is 2.49. The molecule has 2 amide bonds. The molecule has 7 heteroatoms. The molecule has 7 nitrogen and oxygen atoms in total. The maximum Gasteiger partial charge on any atom is 0.407 e. The normalized spacial score (nSPS) is 16.8. The number of ether oxygens (including phenoxy) is 2. The van der Waals surface area contributed by atoms with E-state index in [1.54, 1.807) is 29.2 Å². The number of carbonyl (C=O) groups excluding carboxylic acids is 3. The van der Waals surface area contributed by atoms with Crippen molar-refractivity contribution in [2.75, 3.05) is 27.3 Å². The summed E-state index contributed by atoms with van der Waals surface area (Å²) in [7, 11) is 2.64. The van der Waals surface area contributed by atoms with Crippen LogP contribution in [-0.4, -0.2) is 56.2 Å². The number of alkyl carbamates (subject to hydrolysis) is 1. The summed E-state index contributed by atoms with van der Waals surface area (Å²) in [6, 6.07) is 6.68. The van der Waals surface area contributed by atoms with Gasteiger partial charge in [0, 0.05) is 13.1 Å². The standard InChI is InChI=1S/C16H20N2O5/c1-22-15(20)12-5-3-11(4-6-12)9-14(19)18-8-7-13(10-18)17-16(21)23-2/h3-6,13H,7-10H2,1-2H3,(H,17,21). The molecule has 1 heterocycles. The van der Waals surface area contributed by atoms with E-state index in [4.69, 9.17) is 0 Å². The third-order valence-corrected chi connectivity index (χ3v) is 3.78. The number of hydrogen-bond acceptors (Lipinski definition) is 5. The molecule has 0 aromatic heterocycles. The SMILES string of the molecule is COC(=O)NC1CCN(C(=O)Cc2ccc(C(=O)OC)cc2)C1. The highest BCUT2D eigenvalue weighted by Crippen LogP contribution is 2.13. The van der Waals surface area contributed by atoms with Crippen LogP contribution in [0.2, 0.25) is 0 Å². The van der Waals surface area contributed by atoms with E-state index in [2.05, 4.69) is 14.8 Å². The molecule has 1 aromatic rings. The van der Waals surface area contributed by atoms with Crippen LogP contribution in [0.25, 0.3) is 0 Å². The molecule has 2 rings (SSSR count). The van der Waals surface area contributed by atoms with Gasteiger partial charge in [-0.15, -0.1) is 0 Å². The lowest BCUT2D eigenvalue weighted by atomic mass is 10.1. The lowest BCUT2D eigenvalue weighted by Gasteiger charge is -2.17. The van der Waals surface area contributed by atoms with Crippen LogP contribution in [0.15, 0.2) is 24.3 Å². The smallest absolute Gasteiger partial charge is 0.407 e. The molecule has 1 fully saturated rings. The summed E-state index contributed by atoms with van der Waals surface area (Å²) in [6.07, 6.45) is 0.483. The molecule has 23 heavy (non-hydrogen) atoms. The monoisotopic (exact) mass is 320 g/mol. The van der Waals surface area contributed by atoms with E-state index in [1.807, 2.05) is 0 Å². The maximum atomic E-state index is 12.3. The molecular formula is C16H20N2O5. The summed E-state index contributed by atoms with van der Waals surface area (Å²) >= 11 is 0. The zero-order chi connectivity index (χ0) is 16.8. The predicted molar refractivity (Wildman–Crippen MR) is 82.0 cm³/mol. The number of hydrogen-bond donors (Lipinski definition) is 1. The van der Waals surface area contributed by atoms with E-state index >= 15 is 0 Å². The number of carbonyl (C=O) groups is 3. The third kappa shape index (κ3) is 4.45. The summed E-state index contributed by atoms with van der Waals surface area (Å²) in [5, 5.41) is 2.70. The number of benzene rings is 1. The van der Waals surface area contributed by atoms with Crippen molar-refractivity contribution in [2.24, 2.45) is 0 Å². The van der Waals surface area contributed by atoms with Crippen molar-refractivity contribution in [1.29, 1.82) is 0 Å². The van der Waals surface area contributed by atoms with Crippen molar-refractivity contribution in [3.05, 3.63) is 35.4 Å². The van der Waals surface area contributed by atoms with Crippen LogP contribution in [0.4, 0.5) is 4.79 Å². The highest BCUT2D eigenvalue weighted by Gasteiger charge is 2.27. The summed E-state index contributed by atoms with van der Waals surface area (Å²) in [5.74, 6) is -0.413. The molecule has 1 unspecified atom stereocenters. The van der Waals surface area contributed by atoms with Crippen molar-refractivity contribution in [3.8, 4) is 0 Å². The Kier molecular flexibility index (Phi) is 5.56. The van der Waals surface area contributed by atoms with Crippen LogP contribution in [0.5, 0.6) is 0 Å². The van der Waals surface area contributed by atoms with Gasteiger partial charge >= 0.3 is 12.1 Å². The summed E-state index contributed by atoms with van der Waals surface area (Å²) in [5.41, 5.74) is 1.28. The topological polar surface area (TPSA) is 84.9 Å². The quantitative estimate of drug-likeness (QED) is 0.836. The van der Waals surface area contributed by atoms with Gasteiger partial charge in [-0.05, 0) is 24.1 Å². The highest BCUT2D eigenvalue weighted by molar-refractivity contribution is 5.89. The Bertz CT molecular complexity index is 585. The Labute approximate surface area is 134 Å². The van der Waals surface area contributed by atoms with E-state index in [-0.39, 0.29) is 18.4 Å². The van der Waals surface area contributed by atoms with E-state index < -0.39 is 12.1 Å². The first-order valence-electron chi connectivity index (χ1n) is 7.33. The lowest BCUT2D eigenvalue weighted by Crippen LogP contribution is -2.38. The Morgan fingerprint density at radius 1 is 1.17 bits per heavy atom. The third-order valence-electron chi connectivity index (χ3n) is 3.78. The van der Waals surface area contributed by atoms with Crippen LogP contribution < -0.4 is 5.32 Å². The van der Waals surface area contributed by atoms with Crippen LogP contribution in [0.3, 0.4) is 0 Å². The number of likely N-dealkylation sites (tertiary alicyclic amines) is 1. The van der Waals surface area contributed by atoms with E-state index in [9.17, 15) is 14.4 Å². The van der Waals surface area contributed by atoms with Crippen molar-refractivity contribution in [1.82, 2.24) is 10.2 Å². The van der Waals surface area contributed by atoms with Gasteiger partial charge in [0.05, 0.1) is 32.2 Å². The van der Waals surface area contributed by atoms with Crippen LogP contribution in [-0.2, 0) is 20.7 Å². The first-order valence-corrected chi connectivity index (χ1v) is 7.33. The predicted octanol–water partition coefficient (Wildman–Crippen LogP) is 0.973. The van der Waals surface area contributed by atoms with Crippen LogP contribution in [0.1, 0.15) is 22.3 Å². The summed E-state index contributed by atoms with van der Waals surface area (Å²) in [6.45, 7) is 1.09. The zero-order valence-electron chi connectivity index (χ0n) is 13.2. The van der Waals surface area contributed by atoms with Crippen molar-refractivity contribution >= 4 is 18.0 Å². The van der Waals surface area contributed by atoms with Gasteiger partial charge in [0.1, 0.15) is 0 Å². The second kappa shape index (κ2) is 7.62. The molecule has 1 aliphatic rings. The first-order chi connectivity index (χ1) is 11.0. The number of nitrogens with zero attached hydrogens (tertiary/aromatic N) is 1. The van der Waals surface area contributed by atoms with Crippen LogP contribution >= 0.6 is 0 Å². The van der Waals surface area contributed by atoms with Gasteiger partial charge in [-0.1, -0.05) is 12.1 Å². The minimum Gasteiger partial charge on any atom is -0.465 e. The highest BCUT2D eigenvalue weighted by atomic mass is 16.5. The van der Waals surface area contributed by atoms with Gasteiger partial charge in [0.25, 0.3) is 0 Å². The molecule has 124 valence electrons. The van der Waals surface area contributed by atoms with Gasteiger partial charge in [-0.3, -0.25) is 4.79 Å². The molecule has 1 atom stereocenters. The zero-order valence-corrected chi connectivity index (χ0v) is 13.2. The van der Waals surface area contributed by atoms with E-state index in [1.165, 1.54) is 14.2 Å². The van der Waals surface area contributed by atoms with E-state index in [0.717, 1.165) is 5.56 Å². The molecular weight excluding hydrogens is 300 g/mol. The fraction of sp³-hybridized carbons (Fsp3) is 0.438. The second-order valence-electron chi connectivity index (χ2n) is 5.33. The van der Waals surface area contributed by atoms with Gasteiger partial charge < -0.3 is 19.7 Å². The molecule has 0 radical (unpaired) electrons. The summed E-state index contributed by atoms with van der Waals surface area (Å²) in [4.78, 5) is 36.5. The fourth-order valence-corrected chi connectivity index (χ4v) is 2.49. The van der Waals surface area contributed by atoms with Crippen molar-refractivity contribution in [2.45, 2.75) is 18.9 Å². The number of nitrogens with one attached hydrogen (secondary N) is 1. The minimum absolute atomic E-state index is 0.00927. The molecule has 0 saturated carbocycles. The molecule has 0 aliphatic carbocycles. The lowest BCUT2D eigenvalue weighted by molar-refractivity contribution is -0.129. The average molecular weight is 320 g/mol. The number of rotatable bonds is 4. The molecule has 0 spiro atoms. The van der Waals surface area contributed by atoms with Gasteiger partial charge in [-0.2, -0.15) is 0 Å². The van der Waals surface area contributed by atoms with Crippen LogP contribution in [0, 0.1) is 0 Å². The number of esters is 1. The second-order valence-corrected chi connectivity index (χ2v) is 5.33. The maximum absolute atomic E-state index is 12.3. The Morgan fingerprint density at radius 3 is 2.48 bits per heavy atom. The Morgan fingerprint density at radius 2 is 1.87 bits per heavy atom. The molecule has 0 bridgehead atoms. The number of amides is 2. The van der Waals surface area contributed by atoms with E-state index in [0.29, 0.717) is 25.1 Å². The van der Waals surface area contributed by atoms with Crippen molar-refractivity contribution in [3.63, 3.8) is 0 Å². The van der Waals surface area contributed by atoms with Gasteiger partial charge in [0.15, 0.2) is 0 Å². The van der Waals surface area contributed by atoms with Gasteiger partial charge in [0.2, 0.25) is 5.91 Å². The Hall–Kier alpha value is -2.57. The molecule has 1 N–H and O–H groups in total. The van der Waals surface area contributed by atoms with Crippen molar-refractivity contribution < 1.29 is 23.9 Å². The average Bonchev–Trinajstić information content (AvgIpc) is 3.03. The minimum atomic E-state index is -0.484. The number of methoxy groups -OCH3 is 2. The molecule has 1 aliphatic heterocycles. The Balaban J connectivity index is 1.87. The summed E-state index contributed by atoms with van der Waals surface area (Å²) < 4.78 is 9.18. The molecule has 1 aromatic carbocycles. The largest absolute Gasteiger partial charge is 0.465 e.